The van der Waals surface area contributed by atoms with Crippen LogP contribution in [-0.4, -0.2) is 29.5 Å². The summed E-state index contributed by atoms with van der Waals surface area (Å²) < 4.78 is 5.13. The van der Waals surface area contributed by atoms with Gasteiger partial charge in [-0.1, -0.05) is 62.4 Å². The van der Waals surface area contributed by atoms with Crippen LogP contribution in [0.4, 0.5) is 4.79 Å². The van der Waals surface area contributed by atoms with E-state index >= 15 is 0 Å². The number of rotatable bonds is 5. The summed E-state index contributed by atoms with van der Waals surface area (Å²) in [6.07, 6.45) is 7.90. The molecule has 0 N–H and O–H groups in total. The predicted octanol–water partition coefficient (Wildman–Crippen LogP) is 3.94. The van der Waals surface area contributed by atoms with E-state index in [0.29, 0.717) is 25.4 Å². The maximum absolute atomic E-state index is 12.5. The maximum Gasteiger partial charge on any atom is 0.416 e. The zero-order valence-corrected chi connectivity index (χ0v) is 13.6. The Bertz CT molecular complexity index is 537. The van der Waals surface area contributed by atoms with Crippen molar-refractivity contribution in [3.8, 4) is 0 Å². The number of ether oxygens (including phenoxy) is 1. The third kappa shape index (κ3) is 4.12. The Morgan fingerprint density at radius 2 is 1.87 bits per heavy atom. The maximum atomic E-state index is 12.5. The van der Waals surface area contributed by atoms with E-state index in [0.717, 1.165) is 12.0 Å². The van der Waals surface area contributed by atoms with Crippen LogP contribution in [0.1, 0.15) is 50.5 Å². The SMILES string of the molecule is O=C(CCC1CCCCC1)N1C(=O)OC[C@@H]1Cc1ccccc1. The minimum absolute atomic E-state index is 0.0704. The van der Waals surface area contributed by atoms with E-state index in [4.69, 9.17) is 4.74 Å². The normalized spacial score (nSPS) is 22.2. The van der Waals surface area contributed by atoms with Crippen molar-refractivity contribution in [3.63, 3.8) is 0 Å². The molecule has 4 nitrogen and oxygen atoms in total. The van der Waals surface area contributed by atoms with E-state index in [9.17, 15) is 9.59 Å². The van der Waals surface area contributed by atoms with Gasteiger partial charge in [-0.25, -0.2) is 9.69 Å². The van der Waals surface area contributed by atoms with Crippen molar-refractivity contribution >= 4 is 12.0 Å². The fraction of sp³-hybridized carbons (Fsp3) is 0.579. The third-order valence-corrected chi connectivity index (χ3v) is 5.04. The van der Waals surface area contributed by atoms with Crippen molar-refractivity contribution in [2.45, 2.75) is 57.4 Å². The summed E-state index contributed by atoms with van der Waals surface area (Å²) >= 11 is 0. The molecule has 1 aromatic carbocycles. The van der Waals surface area contributed by atoms with Crippen LogP contribution in [0.3, 0.4) is 0 Å². The van der Waals surface area contributed by atoms with E-state index in [2.05, 4.69) is 0 Å². The van der Waals surface area contributed by atoms with E-state index in [1.165, 1.54) is 37.0 Å². The number of carbonyl (C=O) groups is 2. The summed E-state index contributed by atoms with van der Waals surface area (Å²) in [7, 11) is 0. The molecule has 4 heteroatoms. The average molecular weight is 315 g/mol. The van der Waals surface area contributed by atoms with Crippen LogP contribution in [-0.2, 0) is 16.0 Å². The summed E-state index contributed by atoms with van der Waals surface area (Å²) in [5.41, 5.74) is 1.13. The topological polar surface area (TPSA) is 46.6 Å². The molecular formula is C19H25NO3. The van der Waals surface area contributed by atoms with Crippen LogP contribution in [0.15, 0.2) is 30.3 Å². The molecule has 1 saturated carbocycles. The summed E-state index contributed by atoms with van der Waals surface area (Å²) in [4.78, 5) is 25.8. The number of imide groups is 1. The van der Waals surface area contributed by atoms with Crippen LogP contribution >= 0.6 is 0 Å². The molecular weight excluding hydrogens is 290 g/mol. The summed E-state index contributed by atoms with van der Waals surface area (Å²) in [5.74, 6) is 0.581. The number of hydrogen-bond donors (Lipinski definition) is 0. The van der Waals surface area contributed by atoms with Gasteiger partial charge in [-0.3, -0.25) is 4.79 Å². The van der Waals surface area contributed by atoms with Crippen molar-refractivity contribution in [2.24, 2.45) is 5.92 Å². The minimum atomic E-state index is -0.473. The molecule has 0 aromatic heterocycles. The van der Waals surface area contributed by atoms with Crippen LogP contribution in [0, 0.1) is 5.92 Å². The highest BCUT2D eigenvalue weighted by atomic mass is 16.6. The number of amides is 2. The van der Waals surface area contributed by atoms with Gasteiger partial charge in [-0.15, -0.1) is 0 Å². The van der Waals surface area contributed by atoms with Crippen LogP contribution in [0.2, 0.25) is 0 Å². The van der Waals surface area contributed by atoms with Gasteiger partial charge in [0.05, 0.1) is 6.04 Å². The van der Waals surface area contributed by atoms with Crippen LogP contribution in [0.5, 0.6) is 0 Å². The number of benzene rings is 1. The van der Waals surface area contributed by atoms with Gasteiger partial charge < -0.3 is 4.74 Å². The molecule has 0 unspecified atom stereocenters. The number of nitrogens with zero attached hydrogens (tertiary/aromatic N) is 1. The molecule has 0 bridgehead atoms. The lowest BCUT2D eigenvalue weighted by molar-refractivity contribution is -0.129. The molecule has 124 valence electrons. The third-order valence-electron chi connectivity index (χ3n) is 5.04. The first-order valence-electron chi connectivity index (χ1n) is 8.77. The molecule has 3 rings (SSSR count). The minimum Gasteiger partial charge on any atom is -0.447 e. The van der Waals surface area contributed by atoms with Gasteiger partial charge in [-0.2, -0.15) is 0 Å². The Morgan fingerprint density at radius 3 is 2.61 bits per heavy atom. The molecule has 1 saturated heterocycles. The summed E-state index contributed by atoms with van der Waals surface area (Å²) in [6.45, 7) is 0.308. The highest BCUT2D eigenvalue weighted by molar-refractivity contribution is 5.93. The lowest BCUT2D eigenvalue weighted by atomic mass is 9.86. The van der Waals surface area contributed by atoms with Crippen molar-refractivity contribution in [3.05, 3.63) is 35.9 Å². The Hall–Kier alpha value is -1.84. The van der Waals surface area contributed by atoms with Gasteiger partial charge in [0.2, 0.25) is 5.91 Å². The smallest absolute Gasteiger partial charge is 0.416 e. The molecule has 2 amide bonds. The van der Waals surface area contributed by atoms with Crippen LogP contribution < -0.4 is 0 Å². The molecule has 0 radical (unpaired) electrons. The van der Waals surface area contributed by atoms with Gasteiger partial charge in [-0.05, 0) is 24.3 Å². The highest BCUT2D eigenvalue weighted by Gasteiger charge is 2.37. The van der Waals surface area contributed by atoms with Crippen molar-refractivity contribution in [1.82, 2.24) is 4.90 Å². The second-order valence-corrected chi connectivity index (χ2v) is 6.73. The van der Waals surface area contributed by atoms with Gasteiger partial charge in [0.1, 0.15) is 6.61 Å². The zero-order valence-electron chi connectivity index (χ0n) is 13.6. The molecule has 1 aliphatic heterocycles. The number of carbonyl (C=O) groups excluding carboxylic acids is 2. The second kappa shape index (κ2) is 7.62. The second-order valence-electron chi connectivity index (χ2n) is 6.73. The zero-order chi connectivity index (χ0) is 16.1. The monoisotopic (exact) mass is 315 g/mol. The quantitative estimate of drug-likeness (QED) is 0.827. The van der Waals surface area contributed by atoms with Crippen molar-refractivity contribution < 1.29 is 14.3 Å². The highest BCUT2D eigenvalue weighted by Crippen LogP contribution is 2.28. The fourth-order valence-corrected chi connectivity index (χ4v) is 3.73. The first-order valence-corrected chi connectivity index (χ1v) is 8.77. The average Bonchev–Trinajstić information content (AvgIpc) is 2.95. The first kappa shape index (κ1) is 16.0. The largest absolute Gasteiger partial charge is 0.447 e. The van der Waals surface area contributed by atoms with E-state index < -0.39 is 6.09 Å². The molecule has 2 fully saturated rings. The first-order chi connectivity index (χ1) is 11.2. The van der Waals surface area contributed by atoms with E-state index in [1.807, 2.05) is 30.3 Å². The molecule has 23 heavy (non-hydrogen) atoms. The van der Waals surface area contributed by atoms with Gasteiger partial charge in [0.25, 0.3) is 0 Å². The summed E-state index contributed by atoms with van der Waals surface area (Å²) in [5, 5.41) is 0. The van der Waals surface area contributed by atoms with Crippen LogP contribution in [0.25, 0.3) is 0 Å². The molecule has 1 atom stereocenters. The van der Waals surface area contributed by atoms with E-state index in [-0.39, 0.29) is 11.9 Å². The van der Waals surface area contributed by atoms with Gasteiger partial charge >= 0.3 is 6.09 Å². The van der Waals surface area contributed by atoms with Gasteiger partial charge in [0, 0.05) is 6.42 Å². The molecule has 2 aliphatic rings. The standard InChI is InChI=1S/C19H25NO3/c21-18(12-11-15-7-3-1-4-8-15)20-17(14-23-19(20)22)13-16-9-5-2-6-10-16/h2,5-6,9-10,15,17H,1,3-4,7-8,11-14H2/t17-/m0/s1. The number of cyclic esters (lactones) is 1. The Labute approximate surface area is 137 Å². The summed E-state index contributed by atoms with van der Waals surface area (Å²) in [6, 6.07) is 9.79. The molecule has 1 aliphatic carbocycles. The molecule has 1 heterocycles. The van der Waals surface area contributed by atoms with Crippen molar-refractivity contribution in [1.29, 1.82) is 0 Å². The van der Waals surface area contributed by atoms with Gasteiger partial charge in [0.15, 0.2) is 0 Å². The van der Waals surface area contributed by atoms with Crippen molar-refractivity contribution in [2.75, 3.05) is 6.61 Å². The predicted molar refractivity (Wildman–Crippen MR) is 87.9 cm³/mol. The Kier molecular flexibility index (Phi) is 5.31. The molecule has 1 aromatic rings. The molecule has 0 spiro atoms. The Morgan fingerprint density at radius 1 is 1.13 bits per heavy atom. The lowest BCUT2D eigenvalue weighted by Crippen LogP contribution is -2.40. The Balaban J connectivity index is 1.56. The fourth-order valence-electron chi connectivity index (χ4n) is 3.73. The van der Waals surface area contributed by atoms with E-state index in [1.54, 1.807) is 0 Å². The lowest BCUT2D eigenvalue weighted by Gasteiger charge is -2.23. The number of hydrogen-bond acceptors (Lipinski definition) is 3.